The Labute approximate surface area is 224 Å². The molecule has 5 heterocycles. The van der Waals surface area contributed by atoms with Gasteiger partial charge in [-0.3, -0.25) is 4.79 Å². The lowest BCUT2D eigenvalue weighted by atomic mass is 10.2. The molecule has 0 spiro atoms. The van der Waals surface area contributed by atoms with Crippen LogP contribution in [0.4, 0.5) is 11.6 Å². The molecule has 7 rings (SSSR count). The molecule has 5 aromatic heterocycles. The maximum Gasteiger partial charge on any atom is 0.284 e. The lowest BCUT2D eigenvalue weighted by Gasteiger charge is -2.07. The van der Waals surface area contributed by atoms with Crippen molar-refractivity contribution in [3.05, 3.63) is 82.5 Å². The van der Waals surface area contributed by atoms with Crippen molar-refractivity contribution in [2.45, 2.75) is 6.54 Å². The van der Waals surface area contributed by atoms with Crippen molar-refractivity contribution >= 4 is 50.6 Å². The molecule has 2 aromatic carbocycles. The van der Waals surface area contributed by atoms with Crippen LogP contribution in [0.2, 0.25) is 0 Å². The van der Waals surface area contributed by atoms with Gasteiger partial charge in [-0.2, -0.15) is 14.5 Å². The summed E-state index contributed by atoms with van der Waals surface area (Å²) < 4.78 is 8.62. The highest BCUT2D eigenvalue weighted by Crippen LogP contribution is 2.26. The van der Waals surface area contributed by atoms with Crippen LogP contribution in [-0.4, -0.2) is 58.3 Å². The lowest BCUT2D eigenvalue weighted by molar-refractivity contribution is 0.303. The van der Waals surface area contributed by atoms with Gasteiger partial charge in [-0.1, -0.05) is 17.3 Å². The molecule has 0 fully saturated rings. The normalized spacial score (nSPS) is 11.8. The molecule has 0 unspecified atom stereocenters. The summed E-state index contributed by atoms with van der Waals surface area (Å²) in [6.07, 6.45) is 3.20. The van der Waals surface area contributed by atoms with Gasteiger partial charge in [0.1, 0.15) is 5.39 Å². The number of rotatable bonds is 6. The summed E-state index contributed by atoms with van der Waals surface area (Å²) in [5.74, 6) is 1.39. The molecule has 192 valence electrons. The summed E-state index contributed by atoms with van der Waals surface area (Å²) in [6.45, 7) is 0.571. The van der Waals surface area contributed by atoms with E-state index in [9.17, 15) is 4.79 Å². The van der Waals surface area contributed by atoms with Gasteiger partial charge in [0.05, 0.1) is 12.1 Å². The predicted octanol–water partition coefficient (Wildman–Crippen LogP) is 3.89. The van der Waals surface area contributed by atoms with Crippen LogP contribution in [0.3, 0.4) is 0 Å². The molecule has 7 aromatic rings. The number of aromatic nitrogens is 8. The van der Waals surface area contributed by atoms with Crippen molar-refractivity contribution in [3.63, 3.8) is 0 Å². The molecule has 12 nitrogen and oxygen atoms in total. The maximum absolute atomic E-state index is 13.6. The zero-order chi connectivity index (χ0) is 26.5. The largest absolute Gasteiger partial charge is 0.338 e. The fourth-order valence-corrected chi connectivity index (χ4v) is 5.03. The van der Waals surface area contributed by atoms with Gasteiger partial charge in [0.2, 0.25) is 22.8 Å². The zero-order valence-electron chi connectivity index (χ0n) is 20.8. The maximum atomic E-state index is 13.6. The first-order chi connectivity index (χ1) is 19.0. The standard InChI is InChI=1S/C26H20N10O2S/c1-34(2)14-20-30-21(33-38-20)15-7-9-16(10-8-15)29-25-28-13-18-22(32-25)31-23-17-5-3-4-6-19(17)35(36(23)24(18)37)26-27-11-12-39-26/h3-13H,14H2,1-2H3,(H,28,29,32). The van der Waals surface area contributed by atoms with Gasteiger partial charge >= 0.3 is 0 Å². The van der Waals surface area contributed by atoms with E-state index in [1.54, 1.807) is 10.9 Å². The van der Waals surface area contributed by atoms with Crippen molar-refractivity contribution in [2.75, 3.05) is 19.4 Å². The molecule has 0 aliphatic rings. The van der Waals surface area contributed by atoms with Crippen LogP contribution < -0.4 is 10.9 Å². The van der Waals surface area contributed by atoms with Crippen LogP contribution in [0.15, 0.2) is 75.6 Å². The minimum Gasteiger partial charge on any atom is -0.338 e. The molecule has 0 amide bonds. The zero-order valence-corrected chi connectivity index (χ0v) is 21.6. The molecule has 0 aliphatic heterocycles. The Balaban J connectivity index is 1.25. The molecule has 39 heavy (non-hydrogen) atoms. The summed E-state index contributed by atoms with van der Waals surface area (Å²) in [5.41, 5.74) is 2.94. The molecule has 1 N–H and O–H groups in total. The Kier molecular flexibility index (Phi) is 5.38. The number of nitrogens with zero attached hydrogens (tertiary/aromatic N) is 9. The number of hydrogen-bond acceptors (Lipinski definition) is 11. The van der Waals surface area contributed by atoms with E-state index in [1.807, 2.05) is 72.9 Å². The Morgan fingerprint density at radius 2 is 1.85 bits per heavy atom. The third-order valence-corrected chi connectivity index (χ3v) is 6.84. The van der Waals surface area contributed by atoms with Gasteiger partial charge < -0.3 is 14.7 Å². The summed E-state index contributed by atoms with van der Waals surface area (Å²) in [5, 5.41) is 10.9. The number of para-hydroxylation sites is 1. The third-order valence-electron chi connectivity index (χ3n) is 6.10. The molecule has 0 saturated heterocycles. The summed E-state index contributed by atoms with van der Waals surface area (Å²) in [6, 6.07) is 15.2. The van der Waals surface area contributed by atoms with Gasteiger partial charge in [-0.15, -0.1) is 11.3 Å². The number of thiazole rings is 1. The summed E-state index contributed by atoms with van der Waals surface area (Å²) in [7, 11) is 3.88. The van der Waals surface area contributed by atoms with E-state index < -0.39 is 0 Å². The number of nitrogens with one attached hydrogen (secondary N) is 1. The van der Waals surface area contributed by atoms with E-state index >= 15 is 0 Å². The fraction of sp³-hybridized carbons (Fsp3) is 0.115. The smallest absolute Gasteiger partial charge is 0.284 e. The quantitative estimate of drug-likeness (QED) is 0.334. The van der Waals surface area contributed by atoms with E-state index in [1.165, 1.54) is 22.0 Å². The molecule has 0 atom stereocenters. The van der Waals surface area contributed by atoms with E-state index in [4.69, 9.17) is 9.51 Å². The molecular formula is C26H20N10O2S. The van der Waals surface area contributed by atoms with Crippen molar-refractivity contribution < 1.29 is 4.52 Å². The fourth-order valence-electron chi connectivity index (χ4n) is 4.39. The topological polar surface area (TPSA) is 132 Å². The number of hydrogen-bond donors (Lipinski definition) is 1. The summed E-state index contributed by atoms with van der Waals surface area (Å²) >= 11 is 1.44. The van der Waals surface area contributed by atoms with Crippen LogP contribution in [-0.2, 0) is 6.54 Å². The van der Waals surface area contributed by atoms with Gasteiger partial charge in [-0.25, -0.2) is 19.6 Å². The number of fused-ring (bicyclic) bond motifs is 4. The van der Waals surface area contributed by atoms with E-state index in [2.05, 4.69) is 30.4 Å². The van der Waals surface area contributed by atoms with Gasteiger partial charge in [0, 0.05) is 34.4 Å². The van der Waals surface area contributed by atoms with Gasteiger partial charge in [0.25, 0.3) is 5.56 Å². The van der Waals surface area contributed by atoms with Crippen LogP contribution in [0, 0.1) is 0 Å². The van der Waals surface area contributed by atoms with Crippen LogP contribution in [0.5, 0.6) is 0 Å². The molecular weight excluding hydrogens is 516 g/mol. The highest BCUT2D eigenvalue weighted by molar-refractivity contribution is 7.12. The molecule has 0 saturated carbocycles. The second kappa shape index (κ2) is 9.08. The highest BCUT2D eigenvalue weighted by Gasteiger charge is 2.19. The molecule has 13 heteroatoms. The van der Waals surface area contributed by atoms with Crippen molar-refractivity contribution in [1.29, 1.82) is 0 Å². The first kappa shape index (κ1) is 23.1. The van der Waals surface area contributed by atoms with Crippen molar-refractivity contribution in [2.24, 2.45) is 0 Å². The Hall–Kier alpha value is -5.01. The van der Waals surface area contributed by atoms with Gasteiger partial charge in [0.15, 0.2) is 11.3 Å². The lowest BCUT2D eigenvalue weighted by Crippen LogP contribution is -2.21. The molecule has 0 radical (unpaired) electrons. The average molecular weight is 537 g/mol. The molecule has 0 bridgehead atoms. The monoisotopic (exact) mass is 536 g/mol. The minimum atomic E-state index is -0.272. The second-order valence-electron chi connectivity index (χ2n) is 9.08. The first-order valence-electron chi connectivity index (χ1n) is 12.0. The Morgan fingerprint density at radius 1 is 1.00 bits per heavy atom. The highest BCUT2D eigenvalue weighted by atomic mass is 32.1. The third kappa shape index (κ3) is 4.00. The van der Waals surface area contributed by atoms with Crippen LogP contribution in [0.25, 0.3) is 44.1 Å². The molecule has 0 aliphatic carbocycles. The van der Waals surface area contributed by atoms with E-state index in [0.717, 1.165) is 22.2 Å². The predicted molar refractivity (Wildman–Crippen MR) is 147 cm³/mol. The van der Waals surface area contributed by atoms with E-state index in [0.29, 0.717) is 46.0 Å². The van der Waals surface area contributed by atoms with Crippen LogP contribution in [0.1, 0.15) is 5.89 Å². The van der Waals surface area contributed by atoms with Crippen molar-refractivity contribution in [1.82, 2.24) is 44.2 Å². The number of anilines is 2. The first-order valence-corrected chi connectivity index (χ1v) is 12.9. The SMILES string of the molecule is CN(C)Cc1nc(-c2ccc(Nc3ncc4c(=O)n5c(nc4n3)c3ccccc3n5-c3nccs3)cc2)no1. The van der Waals surface area contributed by atoms with E-state index in [-0.39, 0.29) is 5.56 Å². The van der Waals surface area contributed by atoms with Crippen molar-refractivity contribution in [3.8, 4) is 16.5 Å². The second-order valence-corrected chi connectivity index (χ2v) is 9.95. The Morgan fingerprint density at radius 3 is 2.64 bits per heavy atom. The minimum absolute atomic E-state index is 0.272. The Bertz CT molecular complexity index is 2020. The van der Waals surface area contributed by atoms with Gasteiger partial charge in [-0.05, 0) is 50.5 Å². The average Bonchev–Trinajstić information content (AvgIpc) is 3.69. The summed E-state index contributed by atoms with van der Waals surface area (Å²) in [4.78, 5) is 38.2. The number of benzene rings is 2. The van der Waals surface area contributed by atoms with Crippen LogP contribution >= 0.6 is 11.3 Å².